The van der Waals surface area contributed by atoms with Crippen LogP contribution in [0, 0.1) is 0 Å². The molecule has 0 saturated heterocycles. The van der Waals surface area contributed by atoms with Gasteiger partial charge < -0.3 is 14.8 Å². The zero-order chi connectivity index (χ0) is 9.84. The second kappa shape index (κ2) is 4.04. The van der Waals surface area contributed by atoms with Crippen molar-refractivity contribution < 1.29 is 15.0 Å². The zero-order valence-corrected chi connectivity index (χ0v) is 7.34. The van der Waals surface area contributed by atoms with E-state index in [-0.39, 0.29) is 6.42 Å². The highest BCUT2D eigenvalue weighted by atomic mass is 16.4. The van der Waals surface area contributed by atoms with E-state index >= 15 is 0 Å². The number of carboxylic acid groups (broad SMARTS) is 1. The average Bonchev–Trinajstić information content (AvgIpc) is 2.52. The molecule has 1 aromatic heterocycles. The lowest BCUT2D eigenvalue weighted by molar-refractivity contribution is -0.146. The summed E-state index contributed by atoms with van der Waals surface area (Å²) in [6.45, 7) is 2.75. The quantitative estimate of drug-likeness (QED) is 0.684. The van der Waals surface area contributed by atoms with Crippen LogP contribution >= 0.6 is 0 Å². The number of rotatable bonds is 4. The second-order valence-corrected chi connectivity index (χ2v) is 2.75. The number of hydrogen-bond donors (Lipinski definition) is 2. The molecule has 0 fully saturated rings. The second-order valence-electron chi connectivity index (χ2n) is 2.75. The highest BCUT2D eigenvalue weighted by molar-refractivity contribution is 5.72. The van der Waals surface area contributed by atoms with E-state index in [1.807, 2.05) is 11.5 Å². The summed E-state index contributed by atoms with van der Waals surface area (Å²) in [6, 6.07) is 0. The van der Waals surface area contributed by atoms with Crippen molar-refractivity contribution in [3.8, 4) is 0 Å². The van der Waals surface area contributed by atoms with Gasteiger partial charge in [0, 0.05) is 19.2 Å². The number of carbonyl (C=O) groups is 1. The molecular weight excluding hydrogens is 172 g/mol. The van der Waals surface area contributed by atoms with Crippen molar-refractivity contribution in [2.75, 3.05) is 0 Å². The molecule has 0 aliphatic rings. The van der Waals surface area contributed by atoms with Crippen molar-refractivity contribution in [3.05, 3.63) is 18.2 Å². The molecule has 1 rings (SSSR count). The van der Waals surface area contributed by atoms with Gasteiger partial charge >= 0.3 is 5.97 Å². The maximum absolute atomic E-state index is 10.3. The number of imidazole rings is 1. The Morgan fingerprint density at radius 2 is 2.46 bits per heavy atom. The summed E-state index contributed by atoms with van der Waals surface area (Å²) in [6.07, 6.45) is 2.04. The molecule has 5 nitrogen and oxygen atoms in total. The predicted molar refractivity (Wildman–Crippen MR) is 45.2 cm³/mol. The lowest BCUT2D eigenvalue weighted by Gasteiger charge is -2.00. The molecule has 0 aliphatic carbocycles. The number of aromatic nitrogens is 2. The number of hydrogen-bond acceptors (Lipinski definition) is 3. The summed E-state index contributed by atoms with van der Waals surface area (Å²) in [5, 5.41) is 17.4. The molecule has 0 aliphatic heterocycles. The van der Waals surface area contributed by atoms with E-state index in [2.05, 4.69) is 4.98 Å². The van der Waals surface area contributed by atoms with E-state index in [9.17, 15) is 4.79 Å². The highest BCUT2D eigenvalue weighted by Gasteiger charge is 2.14. The molecule has 13 heavy (non-hydrogen) atoms. The van der Waals surface area contributed by atoms with Crippen LogP contribution in [0.2, 0.25) is 0 Å². The fourth-order valence-corrected chi connectivity index (χ4v) is 0.970. The maximum atomic E-state index is 10.3. The fraction of sp³-hybridized carbons (Fsp3) is 0.500. The number of aliphatic hydroxyl groups is 1. The topological polar surface area (TPSA) is 75.3 Å². The van der Waals surface area contributed by atoms with Gasteiger partial charge in [-0.15, -0.1) is 0 Å². The highest BCUT2D eigenvalue weighted by Crippen LogP contribution is 2.00. The molecule has 2 N–H and O–H groups in total. The SMILES string of the molecule is CCn1cnc(CC(O)C(=O)O)c1. The first-order valence-electron chi connectivity index (χ1n) is 4.05. The Bertz CT molecular complexity index is 295. The van der Waals surface area contributed by atoms with Gasteiger partial charge in [0.25, 0.3) is 0 Å². The minimum atomic E-state index is -1.36. The molecule has 0 amide bonds. The van der Waals surface area contributed by atoms with Gasteiger partial charge in [0.2, 0.25) is 0 Å². The minimum absolute atomic E-state index is 0.0579. The van der Waals surface area contributed by atoms with Crippen LogP contribution in [0.5, 0.6) is 0 Å². The number of nitrogens with zero attached hydrogens (tertiary/aromatic N) is 2. The summed E-state index contributed by atoms with van der Waals surface area (Å²) >= 11 is 0. The van der Waals surface area contributed by atoms with Crippen molar-refractivity contribution in [2.24, 2.45) is 0 Å². The molecule has 0 aromatic carbocycles. The summed E-state index contributed by atoms with van der Waals surface area (Å²) in [5.41, 5.74) is 0.594. The summed E-state index contributed by atoms with van der Waals surface area (Å²) < 4.78 is 1.82. The molecule has 1 unspecified atom stereocenters. The van der Waals surface area contributed by atoms with E-state index in [0.29, 0.717) is 5.69 Å². The summed E-state index contributed by atoms with van der Waals surface area (Å²) in [5.74, 6) is -1.22. The standard InChI is InChI=1S/C8H12N2O3/c1-2-10-4-6(9-5-10)3-7(11)8(12)13/h4-5,7,11H,2-3H2,1H3,(H,12,13). The van der Waals surface area contributed by atoms with E-state index in [1.165, 1.54) is 0 Å². The van der Waals surface area contributed by atoms with Gasteiger partial charge in [0.15, 0.2) is 6.10 Å². The smallest absolute Gasteiger partial charge is 0.332 e. The van der Waals surface area contributed by atoms with E-state index in [0.717, 1.165) is 6.54 Å². The monoisotopic (exact) mass is 184 g/mol. The molecule has 1 heterocycles. The Hall–Kier alpha value is -1.36. The van der Waals surface area contributed by atoms with E-state index < -0.39 is 12.1 Å². The molecule has 1 atom stereocenters. The molecule has 0 saturated carbocycles. The van der Waals surface area contributed by atoms with E-state index in [1.54, 1.807) is 12.5 Å². The first-order chi connectivity index (χ1) is 6.13. The van der Waals surface area contributed by atoms with Crippen LogP contribution in [0.3, 0.4) is 0 Å². The third kappa shape index (κ3) is 2.55. The van der Waals surface area contributed by atoms with Crippen molar-refractivity contribution in [1.82, 2.24) is 9.55 Å². The van der Waals surface area contributed by atoms with Crippen LogP contribution in [-0.4, -0.2) is 31.8 Å². The van der Waals surface area contributed by atoms with Gasteiger partial charge in [-0.05, 0) is 6.92 Å². The Kier molecular flexibility index (Phi) is 3.02. The number of aliphatic carboxylic acids is 1. The first-order valence-corrected chi connectivity index (χ1v) is 4.05. The van der Waals surface area contributed by atoms with Crippen molar-refractivity contribution >= 4 is 5.97 Å². The minimum Gasteiger partial charge on any atom is -0.479 e. The van der Waals surface area contributed by atoms with Crippen molar-refractivity contribution in [3.63, 3.8) is 0 Å². The van der Waals surface area contributed by atoms with Gasteiger partial charge in [0.05, 0.1) is 12.0 Å². The Morgan fingerprint density at radius 3 is 2.92 bits per heavy atom. The largest absolute Gasteiger partial charge is 0.479 e. The van der Waals surface area contributed by atoms with Crippen LogP contribution in [0.4, 0.5) is 0 Å². The summed E-state index contributed by atoms with van der Waals surface area (Å²) in [7, 11) is 0. The van der Waals surface area contributed by atoms with Gasteiger partial charge in [-0.25, -0.2) is 9.78 Å². The van der Waals surface area contributed by atoms with Crippen LogP contribution in [-0.2, 0) is 17.8 Å². The lowest BCUT2D eigenvalue weighted by Crippen LogP contribution is -2.22. The van der Waals surface area contributed by atoms with Crippen LogP contribution in [0.1, 0.15) is 12.6 Å². The number of aryl methyl sites for hydroxylation is 1. The van der Waals surface area contributed by atoms with Crippen LogP contribution in [0.15, 0.2) is 12.5 Å². The van der Waals surface area contributed by atoms with Gasteiger partial charge in [-0.1, -0.05) is 0 Å². The molecule has 1 aromatic rings. The Labute approximate surface area is 75.6 Å². The molecule has 5 heteroatoms. The van der Waals surface area contributed by atoms with Crippen molar-refractivity contribution in [1.29, 1.82) is 0 Å². The molecular formula is C8H12N2O3. The Balaban J connectivity index is 2.58. The Morgan fingerprint density at radius 1 is 1.77 bits per heavy atom. The average molecular weight is 184 g/mol. The third-order valence-corrected chi connectivity index (χ3v) is 1.74. The third-order valence-electron chi connectivity index (χ3n) is 1.74. The fourth-order valence-electron chi connectivity index (χ4n) is 0.970. The number of aliphatic hydroxyl groups excluding tert-OH is 1. The number of carboxylic acids is 1. The lowest BCUT2D eigenvalue weighted by atomic mass is 10.2. The van der Waals surface area contributed by atoms with Crippen LogP contribution < -0.4 is 0 Å². The van der Waals surface area contributed by atoms with Crippen molar-refractivity contribution in [2.45, 2.75) is 26.0 Å². The zero-order valence-electron chi connectivity index (χ0n) is 7.34. The molecule has 0 radical (unpaired) electrons. The molecule has 72 valence electrons. The maximum Gasteiger partial charge on any atom is 0.332 e. The predicted octanol–water partition coefficient (Wildman–Crippen LogP) is -0.109. The van der Waals surface area contributed by atoms with Gasteiger partial charge in [-0.2, -0.15) is 0 Å². The van der Waals surface area contributed by atoms with Gasteiger partial charge in [-0.3, -0.25) is 0 Å². The van der Waals surface area contributed by atoms with Crippen LogP contribution in [0.25, 0.3) is 0 Å². The summed E-state index contributed by atoms with van der Waals surface area (Å²) in [4.78, 5) is 14.2. The van der Waals surface area contributed by atoms with E-state index in [4.69, 9.17) is 10.2 Å². The molecule has 0 bridgehead atoms. The normalized spacial score (nSPS) is 12.8. The van der Waals surface area contributed by atoms with Gasteiger partial charge in [0.1, 0.15) is 0 Å². The first kappa shape index (κ1) is 9.73. The molecule has 0 spiro atoms.